The third-order valence-electron chi connectivity index (χ3n) is 5.29. The van der Waals surface area contributed by atoms with Gasteiger partial charge in [-0.3, -0.25) is 4.72 Å². The second-order valence-electron chi connectivity index (χ2n) is 7.78. The zero-order valence-corrected chi connectivity index (χ0v) is 20.9. The molecule has 3 aromatic rings. The lowest BCUT2D eigenvalue weighted by Crippen LogP contribution is -2.21. The van der Waals surface area contributed by atoms with Crippen LogP contribution in [0.4, 0.5) is 5.69 Å². The summed E-state index contributed by atoms with van der Waals surface area (Å²) >= 11 is 13.7. The van der Waals surface area contributed by atoms with E-state index in [1.165, 1.54) is 6.07 Å². The molecule has 1 saturated heterocycles. The van der Waals surface area contributed by atoms with Crippen molar-refractivity contribution in [3.05, 3.63) is 64.1 Å². The standard InChI is InChI=1S/C23H21Cl2N3O3S2/c1-28-11-9-17(14-28)31-21-12-16(6-7-19(21)24)27-33(29,30)22-13-20(25)23(32-22)18-5-3-2-4-15(18)8-10-26/h2-7,12-13,17,27H,8-9,11,14H2,1H3/t17-/m1/s1. The highest BCUT2D eigenvalue weighted by Gasteiger charge is 2.24. The fraction of sp³-hybridized carbons (Fsp3) is 0.261. The molecule has 2 aromatic carbocycles. The van der Waals surface area contributed by atoms with Gasteiger partial charge in [0.1, 0.15) is 16.1 Å². The van der Waals surface area contributed by atoms with Crippen LogP contribution < -0.4 is 9.46 Å². The first kappa shape index (κ1) is 23.9. The molecule has 0 spiro atoms. The minimum Gasteiger partial charge on any atom is -0.487 e. The van der Waals surface area contributed by atoms with Crippen LogP contribution in [-0.2, 0) is 16.4 Å². The number of nitrogens with one attached hydrogen (secondary N) is 1. The number of benzene rings is 2. The van der Waals surface area contributed by atoms with Gasteiger partial charge in [-0.2, -0.15) is 5.26 Å². The monoisotopic (exact) mass is 521 g/mol. The number of nitriles is 1. The van der Waals surface area contributed by atoms with Crippen LogP contribution in [0, 0.1) is 11.3 Å². The van der Waals surface area contributed by atoms with Crippen molar-refractivity contribution in [1.29, 1.82) is 5.26 Å². The summed E-state index contributed by atoms with van der Waals surface area (Å²) in [6, 6.07) is 15.7. The zero-order chi connectivity index (χ0) is 23.6. The first-order valence-corrected chi connectivity index (χ1v) is 13.2. The maximum Gasteiger partial charge on any atom is 0.271 e. The van der Waals surface area contributed by atoms with Gasteiger partial charge in [0.2, 0.25) is 0 Å². The van der Waals surface area contributed by atoms with Crippen molar-refractivity contribution < 1.29 is 13.2 Å². The van der Waals surface area contributed by atoms with Crippen molar-refractivity contribution in [1.82, 2.24) is 4.90 Å². The summed E-state index contributed by atoms with van der Waals surface area (Å²) in [5, 5.41) is 9.83. The minimum absolute atomic E-state index is 0.00602. The molecule has 0 radical (unpaired) electrons. The van der Waals surface area contributed by atoms with Crippen molar-refractivity contribution in [2.45, 2.75) is 23.2 Å². The van der Waals surface area contributed by atoms with Crippen LogP contribution in [0.1, 0.15) is 12.0 Å². The van der Waals surface area contributed by atoms with Crippen LogP contribution in [0.15, 0.2) is 52.7 Å². The number of hydrogen-bond donors (Lipinski definition) is 1. The van der Waals surface area contributed by atoms with Crippen LogP contribution in [-0.4, -0.2) is 39.6 Å². The van der Waals surface area contributed by atoms with E-state index in [-0.39, 0.29) is 16.7 Å². The number of thiophene rings is 1. The Morgan fingerprint density at radius 2 is 2.00 bits per heavy atom. The number of hydrogen-bond acceptors (Lipinski definition) is 6. The SMILES string of the molecule is CN1CC[C@@H](Oc2cc(NS(=O)(=O)c3cc(Cl)c(-c4ccccc4CC#N)s3)ccc2Cl)C1. The van der Waals surface area contributed by atoms with E-state index in [0.717, 1.165) is 42.0 Å². The van der Waals surface area contributed by atoms with Crippen molar-refractivity contribution in [3.8, 4) is 22.3 Å². The highest BCUT2D eigenvalue weighted by Crippen LogP contribution is 2.40. The second-order valence-corrected chi connectivity index (χ2v) is 11.6. The average molecular weight is 522 g/mol. The van der Waals surface area contributed by atoms with Gasteiger partial charge in [0.05, 0.1) is 33.1 Å². The molecule has 33 heavy (non-hydrogen) atoms. The summed E-state index contributed by atoms with van der Waals surface area (Å²) in [5.74, 6) is 0.437. The number of ether oxygens (including phenoxy) is 1. The number of likely N-dealkylation sites (tertiary alicyclic amines) is 1. The Balaban J connectivity index is 1.59. The molecule has 1 aliphatic heterocycles. The fourth-order valence-corrected chi connectivity index (χ4v) is 6.76. The van der Waals surface area contributed by atoms with Crippen LogP contribution in [0.2, 0.25) is 10.0 Å². The molecule has 4 rings (SSSR count). The smallest absolute Gasteiger partial charge is 0.271 e. The number of likely N-dealkylation sites (N-methyl/N-ethyl adjacent to an activating group) is 1. The molecule has 0 aliphatic carbocycles. The molecule has 0 unspecified atom stereocenters. The van der Waals surface area contributed by atoms with Gasteiger partial charge in [-0.05, 0) is 42.8 Å². The lowest BCUT2D eigenvalue weighted by molar-refractivity contribution is 0.208. The summed E-state index contributed by atoms with van der Waals surface area (Å²) in [4.78, 5) is 2.77. The van der Waals surface area contributed by atoms with E-state index in [2.05, 4.69) is 15.7 Å². The minimum atomic E-state index is -3.90. The van der Waals surface area contributed by atoms with Gasteiger partial charge >= 0.3 is 0 Å². The summed E-state index contributed by atoms with van der Waals surface area (Å²) < 4.78 is 34.9. The Bertz CT molecular complexity index is 1320. The lowest BCUT2D eigenvalue weighted by Gasteiger charge is -2.16. The Morgan fingerprint density at radius 3 is 2.73 bits per heavy atom. The largest absolute Gasteiger partial charge is 0.487 e. The molecule has 1 aromatic heterocycles. The Labute approximate surface area is 207 Å². The molecule has 6 nitrogen and oxygen atoms in total. The van der Waals surface area contributed by atoms with E-state index >= 15 is 0 Å². The van der Waals surface area contributed by atoms with E-state index in [1.807, 2.05) is 31.3 Å². The van der Waals surface area contributed by atoms with Crippen LogP contribution >= 0.6 is 34.5 Å². The van der Waals surface area contributed by atoms with E-state index in [9.17, 15) is 8.42 Å². The van der Waals surface area contributed by atoms with Crippen molar-refractivity contribution in [3.63, 3.8) is 0 Å². The maximum absolute atomic E-state index is 13.1. The summed E-state index contributed by atoms with van der Waals surface area (Å²) in [5.41, 5.74) is 1.88. The van der Waals surface area contributed by atoms with E-state index in [4.69, 9.17) is 33.2 Å². The summed E-state index contributed by atoms with van der Waals surface area (Å²) in [7, 11) is -1.88. The second kappa shape index (κ2) is 9.92. The molecule has 10 heteroatoms. The van der Waals surface area contributed by atoms with Crippen LogP contribution in [0.25, 0.3) is 10.4 Å². The van der Waals surface area contributed by atoms with Gasteiger partial charge in [-0.25, -0.2) is 8.42 Å². The Kier molecular flexibility index (Phi) is 7.17. The van der Waals surface area contributed by atoms with E-state index in [1.54, 1.807) is 18.2 Å². The quantitative estimate of drug-likeness (QED) is 0.432. The lowest BCUT2D eigenvalue weighted by atomic mass is 10.0. The number of rotatable bonds is 7. The van der Waals surface area contributed by atoms with Gasteiger partial charge in [-0.15, -0.1) is 11.3 Å². The number of anilines is 1. The maximum atomic E-state index is 13.1. The van der Waals surface area contributed by atoms with E-state index < -0.39 is 10.0 Å². The normalized spacial score (nSPS) is 16.5. The molecule has 0 amide bonds. The van der Waals surface area contributed by atoms with Crippen LogP contribution in [0.3, 0.4) is 0 Å². The average Bonchev–Trinajstić information content (AvgIpc) is 3.37. The molecule has 172 valence electrons. The van der Waals surface area contributed by atoms with E-state index in [0.29, 0.717) is 26.4 Å². The molecule has 1 fully saturated rings. The third-order valence-corrected chi connectivity index (χ3v) is 9.03. The van der Waals surface area contributed by atoms with Gasteiger partial charge < -0.3 is 9.64 Å². The predicted molar refractivity (Wildman–Crippen MR) is 133 cm³/mol. The van der Waals surface area contributed by atoms with Gasteiger partial charge in [-0.1, -0.05) is 47.5 Å². The molecular formula is C23H21Cl2N3O3S2. The Morgan fingerprint density at radius 1 is 1.21 bits per heavy atom. The molecule has 0 saturated carbocycles. The van der Waals surface area contributed by atoms with Crippen molar-refractivity contribution in [2.75, 3.05) is 24.9 Å². The number of nitrogens with zero attached hydrogens (tertiary/aromatic N) is 2. The molecule has 1 N–H and O–H groups in total. The molecule has 2 heterocycles. The number of sulfonamides is 1. The fourth-order valence-electron chi connectivity index (χ4n) is 3.68. The van der Waals surface area contributed by atoms with Gasteiger partial charge in [0.15, 0.2) is 0 Å². The van der Waals surface area contributed by atoms with Gasteiger partial charge in [0, 0.05) is 19.2 Å². The topological polar surface area (TPSA) is 82.4 Å². The predicted octanol–water partition coefficient (Wildman–Crippen LogP) is 5.67. The summed E-state index contributed by atoms with van der Waals surface area (Å²) in [6.07, 6.45) is 1.09. The first-order valence-electron chi connectivity index (χ1n) is 10.2. The highest BCUT2D eigenvalue weighted by atomic mass is 35.5. The first-order chi connectivity index (χ1) is 15.8. The van der Waals surface area contributed by atoms with Gasteiger partial charge in [0.25, 0.3) is 10.0 Å². The Hall–Kier alpha value is -2.28. The molecule has 1 aliphatic rings. The highest BCUT2D eigenvalue weighted by molar-refractivity contribution is 7.94. The molecule has 1 atom stereocenters. The van der Waals surface area contributed by atoms with Crippen molar-refractivity contribution in [2.24, 2.45) is 0 Å². The third kappa shape index (κ3) is 5.45. The molecular weight excluding hydrogens is 501 g/mol. The summed E-state index contributed by atoms with van der Waals surface area (Å²) in [6.45, 7) is 1.73. The van der Waals surface area contributed by atoms with Crippen LogP contribution in [0.5, 0.6) is 5.75 Å². The van der Waals surface area contributed by atoms with Crippen molar-refractivity contribution >= 4 is 50.2 Å². The number of halogens is 2. The zero-order valence-electron chi connectivity index (χ0n) is 17.7. The molecule has 0 bridgehead atoms.